The molecule has 0 spiro atoms. The zero-order valence-corrected chi connectivity index (χ0v) is 22.8. The minimum atomic E-state index is 0.904. The van der Waals surface area contributed by atoms with Crippen LogP contribution in [0.25, 0.3) is 71.6 Å². The Kier molecular flexibility index (Phi) is 4.93. The summed E-state index contributed by atoms with van der Waals surface area (Å²) in [5, 5.41) is 4.88. The minimum Gasteiger partial charge on any atom is -0.456 e. The molecule has 9 rings (SSSR count). The van der Waals surface area contributed by atoms with E-state index >= 15 is 0 Å². The molecule has 2 heteroatoms. The minimum absolute atomic E-state index is 0.904. The standard InChI is InChI=1S/C40H25NO/c1-2-8-26(9-3-1)27-16-20-31(21-17-27)41-36-14-5-4-12-32(36)34-24-29(18-22-37(34)41)30-19-23-38-35(25-30)33-13-6-10-28-11-7-15-39(42-38)40(28)33/h1-25H. The van der Waals surface area contributed by atoms with Crippen LogP contribution in [0.4, 0.5) is 0 Å². The van der Waals surface area contributed by atoms with E-state index in [0.717, 1.165) is 22.7 Å². The highest BCUT2D eigenvalue weighted by molar-refractivity contribution is 6.11. The van der Waals surface area contributed by atoms with Crippen LogP contribution in [-0.2, 0) is 0 Å². The third-order valence-electron chi connectivity index (χ3n) is 8.59. The topological polar surface area (TPSA) is 14.2 Å². The maximum Gasteiger partial charge on any atom is 0.135 e. The van der Waals surface area contributed by atoms with Crippen molar-refractivity contribution in [1.29, 1.82) is 0 Å². The third-order valence-corrected chi connectivity index (χ3v) is 8.59. The molecule has 0 radical (unpaired) electrons. The number of para-hydroxylation sites is 1. The van der Waals surface area contributed by atoms with Crippen molar-refractivity contribution in [3.8, 4) is 50.6 Å². The molecule has 1 aromatic heterocycles. The Labute approximate surface area is 243 Å². The van der Waals surface area contributed by atoms with Gasteiger partial charge >= 0.3 is 0 Å². The molecular weight excluding hydrogens is 510 g/mol. The predicted octanol–water partition coefficient (Wildman–Crippen LogP) is 11.0. The second-order valence-corrected chi connectivity index (χ2v) is 11.0. The van der Waals surface area contributed by atoms with Crippen LogP contribution in [0.5, 0.6) is 11.5 Å². The Morgan fingerprint density at radius 3 is 1.98 bits per heavy atom. The summed E-state index contributed by atoms with van der Waals surface area (Å²) in [5.41, 5.74) is 10.8. The van der Waals surface area contributed by atoms with E-state index in [1.54, 1.807) is 0 Å². The first kappa shape index (κ1) is 23.1. The molecule has 0 amide bonds. The summed E-state index contributed by atoms with van der Waals surface area (Å²) < 4.78 is 8.73. The Balaban J connectivity index is 1.18. The number of fused-ring (bicyclic) bond motifs is 5. The smallest absolute Gasteiger partial charge is 0.135 e. The summed E-state index contributed by atoms with van der Waals surface area (Å²) in [4.78, 5) is 0. The fourth-order valence-electron chi connectivity index (χ4n) is 6.61. The lowest BCUT2D eigenvalue weighted by Crippen LogP contribution is -1.97. The summed E-state index contributed by atoms with van der Waals surface area (Å²) >= 11 is 0. The van der Waals surface area contributed by atoms with Crippen molar-refractivity contribution in [1.82, 2.24) is 4.57 Å². The van der Waals surface area contributed by atoms with Gasteiger partial charge in [0.25, 0.3) is 0 Å². The summed E-state index contributed by atoms with van der Waals surface area (Å²) in [7, 11) is 0. The maximum atomic E-state index is 6.35. The van der Waals surface area contributed by atoms with E-state index in [9.17, 15) is 0 Å². The van der Waals surface area contributed by atoms with Gasteiger partial charge in [0.05, 0.1) is 11.0 Å². The van der Waals surface area contributed by atoms with Gasteiger partial charge in [-0.1, -0.05) is 103 Å². The van der Waals surface area contributed by atoms with Crippen molar-refractivity contribution in [2.75, 3.05) is 0 Å². The van der Waals surface area contributed by atoms with E-state index in [1.165, 1.54) is 60.4 Å². The Morgan fingerprint density at radius 2 is 1.10 bits per heavy atom. The number of nitrogens with zero attached hydrogens (tertiary/aromatic N) is 1. The van der Waals surface area contributed by atoms with Crippen molar-refractivity contribution < 1.29 is 4.74 Å². The average molecular weight is 536 g/mol. The van der Waals surface area contributed by atoms with Crippen LogP contribution >= 0.6 is 0 Å². The number of hydrogen-bond acceptors (Lipinski definition) is 1. The van der Waals surface area contributed by atoms with Gasteiger partial charge in [0.15, 0.2) is 0 Å². The molecule has 1 aliphatic rings. The van der Waals surface area contributed by atoms with Crippen LogP contribution in [0, 0.1) is 0 Å². The van der Waals surface area contributed by atoms with Gasteiger partial charge in [0.2, 0.25) is 0 Å². The summed E-state index contributed by atoms with van der Waals surface area (Å²) in [6, 6.07) is 54.3. The Morgan fingerprint density at radius 1 is 0.405 bits per heavy atom. The molecular formula is C40H25NO. The van der Waals surface area contributed by atoms with Gasteiger partial charge in [-0.05, 0) is 81.7 Å². The first-order valence-corrected chi connectivity index (χ1v) is 14.4. The lowest BCUT2D eigenvalue weighted by atomic mass is 9.92. The molecule has 196 valence electrons. The lowest BCUT2D eigenvalue weighted by molar-refractivity contribution is 0.487. The largest absolute Gasteiger partial charge is 0.456 e. The van der Waals surface area contributed by atoms with Crippen LogP contribution in [-0.4, -0.2) is 4.57 Å². The zero-order valence-electron chi connectivity index (χ0n) is 22.8. The lowest BCUT2D eigenvalue weighted by Gasteiger charge is -2.22. The molecule has 0 N–H and O–H groups in total. The van der Waals surface area contributed by atoms with Gasteiger partial charge in [-0.2, -0.15) is 0 Å². The van der Waals surface area contributed by atoms with E-state index in [2.05, 4.69) is 156 Å². The third kappa shape index (κ3) is 3.45. The first-order valence-electron chi connectivity index (χ1n) is 14.4. The van der Waals surface area contributed by atoms with Crippen molar-refractivity contribution >= 4 is 32.6 Å². The molecule has 0 aliphatic carbocycles. The van der Waals surface area contributed by atoms with Gasteiger partial charge in [-0.3, -0.25) is 0 Å². The van der Waals surface area contributed by atoms with Crippen molar-refractivity contribution in [3.05, 3.63) is 152 Å². The molecule has 7 aromatic carbocycles. The van der Waals surface area contributed by atoms with Crippen LogP contribution in [0.2, 0.25) is 0 Å². The van der Waals surface area contributed by atoms with Crippen molar-refractivity contribution in [2.24, 2.45) is 0 Å². The molecule has 0 fully saturated rings. The van der Waals surface area contributed by atoms with Gasteiger partial charge in [-0.15, -0.1) is 0 Å². The molecule has 0 bridgehead atoms. The number of aromatic nitrogens is 1. The molecule has 42 heavy (non-hydrogen) atoms. The highest BCUT2D eigenvalue weighted by atomic mass is 16.5. The number of ether oxygens (including phenoxy) is 1. The van der Waals surface area contributed by atoms with Crippen LogP contribution in [0.3, 0.4) is 0 Å². The molecule has 0 atom stereocenters. The summed E-state index contributed by atoms with van der Waals surface area (Å²) in [5.74, 6) is 1.83. The second-order valence-electron chi connectivity index (χ2n) is 11.0. The quantitative estimate of drug-likeness (QED) is 0.219. The van der Waals surface area contributed by atoms with Gasteiger partial charge in [0.1, 0.15) is 11.5 Å². The van der Waals surface area contributed by atoms with Crippen LogP contribution < -0.4 is 4.74 Å². The van der Waals surface area contributed by atoms with Gasteiger partial charge in [0, 0.05) is 27.4 Å². The monoisotopic (exact) mass is 535 g/mol. The number of benzene rings is 7. The van der Waals surface area contributed by atoms with E-state index in [1.807, 2.05) is 0 Å². The highest BCUT2D eigenvalue weighted by Crippen LogP contribution is 2.47. The van der Waals surface area contributed by atoms with Gasteiger partial charge in [-0.25, -0.2) is 0 Å². The molecule has 0 saturated heterocycles. The number of hydrogen-bond donors (Lipinski definition) is 0. The van der Waals surface area contributed by atoms with Crippen molar-refractivity contribution in [2.45, 2.75) is 0 Å². The van der Waals surface area contributed by atoms with Crippen molar-refractivity contribution in [3.63, 3.8) is 0 Å². The van der Waals surface area contributed by atoms with Gasteiger partial charge < -0.3 is 9.30 Å². The fraction of sp³-hybridized carbons (Fsp3) is 0. The normalized spacial score (nSPS) is 12.0. The molecule has 0 saturated carbocycles. The Bertz CT molecular complexity index is 2300. The van der Waals surface area contributed by atoms with E-state index < -0.39 is 0 Å². The molecule has 1 aliphatic heterocycles. The van der Waals surface area contributed by atoms with E-state index in [0.29, 0.717) is 0 Å². The predicted molar refractivity (Wildman–Crippen MR) is 175 cm³/mol. The average Bonchev–Trinajstić information content (AvgIpc) is 3.39. The van der Waals surface area contributed by atoms with Crippen LogP contribution in [0.1, 0.15) is 0 Å². The van der Waals surface area contributed by atoms with E-state index in [-0.39, 0.29) is 0 Å². The molecule has 2 nitrogen and oxygen atoms in total. The zero-order chi connectivity index (χ0) is 27.6. The van der Waals surface area contributed by atoms with Crippen LogP contribution in [0.15, 0.2) is 152 Å². The maximum absolute atomic E-state index is 6.35. The highest BCUT2D eigenvalue weighted by Gasteiger charge is 2.21. The molecule has 0 unspecified atom stereocenters. The SMILES string of the molecule is c1ccc(-c2ccc(-n3c4ccccc4c4cc(-c5ccc6c(c5)-c5cccc7cccc(c57)O6)ccc43)cc2)cc1. The second kappa shape index (κ2) is 8.95. The Hall–Kier alpha value is -5.60. The molecule has 8 aromatic rings. The summed E-state index contributed by atoms with van der Waals surface area (Å²) in [6.45, 7) is 0. The van der Waals surface area contributed by atoms with E-state index in [4.69, 9.17) is 4.74 Å². The first-order chi connectivity index (χ1) is 20.8. The summed E-state index contributed by atoms with van der Waals surface area (Å²) in [6.07, 6.45) is 0. The fourth-order valence-corrected chi connectivity index (χ4v) is 6.61. The molecule has 2 heterocycles. The number of rotatable bonds is 3.